The van der Waals surface area contributed by atoms with Gasteiger partial charge in [-0.1, -0.05) is 0 Å². The lowest BCUT2D eigenvalue weighted by Gasteiger charge is -2.14. The molecule has 0 unspecified atom stereocenters. The second kappa shape index (κ2) is 7.33. The standard InChI is InChI=1S/C23H20N6OS/c1-13-8-15(2-5-19(13)30-16-3-4-18-14(9-16)10-27-29-18)28-22-21-17-6-7-24-11-20(17)31-23(21)26-12-25-22/h2-5,8-10,12,24H,6-7,11H2,1H3,(H,27,29)(H,25,26,28). The van der Waals surface area contributed by atoms with Crippen molar-refractivity contribution in [3.05, 3.63) is 64.9 Å². The third kappa shape index (κ3) is 3.30. The highest BCUT2D eigenvalue weighted by atomic mass is 32.1. The largest absolute Gasteiger partial charge is 0.457 e. The zero-order valence-corrected chi connectivity index (χ0v) is 17.7. The van der Waals surface area contributed by atoms with Crippen LogP contribution in [0.2, 0.25) is 0 Å². The molecule has 0 saturated carbocycles. The molecule has 7 nitrogen and oxygen atoms in total. The van der Waals surface area contributed by atoms with E-state index in [1.165, 1.54) is 10.4 Å². The fraction of sp³-hybridized carbons (Fsp3) is 0.174. The number of hydrogen-bond acceptors (Lipinski definition) is 7. The van der Waals surface area contributed by atoms with Crippen LogP contribution in [-0.2, 0) is 13.0 Å². The molecule has 8 heteroatoms. The van der Waals surface area contributed by atoms with Crippen LogP contribution in [0.1, 0.15) is 16.0 Å². The number of aromatic amines is 1. The van der Waals surface area contributed by atoms with Gasteiger partial charge < -0.3 is 15.4 Å². The molecule has 3 N–H and O–H groups in total. The molecular formula is C23H20N6OS. The SMILES string of the molecule is Cc1cc(Nc2ncnc3sc4c(c23)CCNC4)ccc1Oc1ccc2[nH]ncc2c1. The van der Waals surface area contributed by atoms with Crippen LogP contribution in [0.4, 0.5) is 11.5 Å². The van der Waals surface area contributed by atoms with E-state index in [9.17, 15) is 0 Å². The molecule has 1 aliphatic rings. The molecule has 6 rings (SSSR count). The molecule has 0 bridgehead atoms. The zero-order chi connectivity index (χ0) is 20.8. The van der Waals surface area contributed by atoms with E-state index < -0.39 is 0 Å². The van der Waals surface area contributed by atoms with Gasteiger partial charge in [0.05, 0.1) is 17.1 Å². The highest BCUT2D eigenvalue weighted by Crippen LogP contribution is 2.37. The van der Waals surface area contributed by atoms with Gasteiger partial charge in [0, 0.05) is 22.5 Å². The number of ether oxygens (including phenoxy) is 1. The summed E-state index contributed by atoms with van der Waals surface area (Å²) in [6.07, 6.45) is 4.43. The predicted molar refractivity (Wildman–Crippen MR) is 123 cm³/mol. The van der Waals surface area contributed by atoms with Crippen molar-refractivity contribution in [2.24, 2.45) is 0 Å². The Morgan fingerprint density at radius 1 is 1.13 bits per heavy atom. The van der Waals surface area contributed by atoms with E-state index in [4.69, 9.17) is 4.74 Å². The molecule has 0 spiro atoms. The Balaban J connectivity index is 1.29. The second-order valence-corrected chi connectivity index (χ2v) is 8.74. The average Bonchev–Trinajstić information content (AvgIpc) is 3.40. The molecule has 5 aromatic rings. The third-order valence-electron chi connectivity index (χ3n) is 5.59. The van der Waals surface area contributed by atoms with Crippen LogP contribution >= 0.6 is 11.3 Å². The van der Waals surface area contributed by atoms with Gasteiger partial charge in [-0.05, 0) is 67.4 Å². The maximum Gasteiger partial charge on any atom is 0.142 e. The topological polar surface area (TPSA) is 87.8 Å². The van der Waals surface area contributed by atoms with E-state index >= 15 is 0 Å². The molecule has 2 aromatic carbocycles. The molecule has 31 heavy (non-hydrogen) atoms. The van der Waals surface area contributed by atoms with Crippen LogP contribution in [0.5, 0.6) is 11.5 Å². The van der Waals surface area contributed by atoms with Crippen molar-refractivity contribution in [2.75, 3.05) is 11.9 Å². The van der Waals surface area contributed by atoms with Gasteiger partial charge in [0.15, 0.2) is 0 Å². The van der Waals surface area contributed by atoms with Gasteiger partial charge in [-0.2, -0.15) is 5.10 Å². The minimum atomic E-state index is 0.786. The Kier molecular flexibility index (Phi) is 4.33. The Bertz CT molecular complexity index is 1420. The van der Waals surface area contributed by atoms with Crippen LogP contribution in [-0.4, -0.2) is 26.7 Å². The Hall–Kier alpha value is -3.49. The Labute approximate surface area is 182 Å². The Morgan fingerprint density at radius 2 is 2.10 bits per heavy atom. The number of aromatic nitrogens is 4. The summed E-state index contributed by atoms with van der Waals surface area (Å²) in [6.45, 7) is 3.94. The van der Waals surface area contributed by atoms with Crippen molar-refractivity contribution in [1.29, 1.82) is 0 Å². The molecule has 0 atom stereocenters. The fourth-order valence-corrected chi connectivity index (χ4v) is 5.20. The van der Waals surface area contributed by atoms with Crippen LogP contribution in [0.3, 0.4) is 0 Å². The molecule has 1 aliphatic heterocycles. The first-order valence-corrected chi connectivity index (χ1v) is 11.0. The summed E-state index contributed by atoms with van der Waals surface area (Å²) in [5.74, 6) is 2.47. The van der Waals surface area contributed by atoms with Gasteiger partial charge in [0.25, 0.3) is 0 Å². The number of nitrogens with one attached hydrogen (secondary N) is 3. The second-order valence-electron chi connectivity index (χ2n) is 7.66. The molecule has 4 heterocycles. The van der Waals surface area contributed by atoms with E-state index in [0.29, 0.717) is 0 Å². The van der Waals surface area contributed by atoms with E-state index in [-0.39, 0.29) is 0 Å². The van der Waals surface area contributed by atoms with Crippen molar-refractivity contribution < 1.29 is 4.74 Å². The van der Waals surface area contributed by atoms with Crippen molar-refractivity contribution in [2.45, 2.75) is 19.9 Å². The maximum atomic E-state index is 6.12. The molecule has 3 aromatic heterocycles. The number of aryl methyl sites for hydroxylation is 1. The van der Waals surface area contributed by atoms with E-state index in [0.717, 1.165) is 69.2 Å². The number of H-pyrrole nitrogens is 1. The van der Waals surface area contributed by atoms with Gasteiger partial charge in [0.2, 0.25) is 0 Å². The summed E-state index contributed by atoms with van der Waals surface area (Å²) in [7, 11) is 0. The summed E-state index contributed by atoms with van der Waals surface area (Å²) >= 11 is 1.75. The fourth-order valence-electron chi connectivity index (χ4n) is 4.04. The predicted octanol–water partition coefficient (Wildman–Crippen LogP) is 5.06. The van der Waals surface area contributed by atoms with Gasteiger partial charge >= 0.3 is 0 Å². The number of anilines is 2. The number of rotatable bonds is 4. The van der Waals surface area contributed by atoms with E-state index in [1.807, 2.05) is 37.3 Å². The van der Waals surface area contributed by atoms with E-state index in [1.54, 1.807) is 23.9 Å². The molecule has 154 valence electrons. The van der Waals surface area contributed by atoms with Crippen molar-refractivity contribution in [1.82, 2.24) is 25.5 Å². The van der Waals surface area contributed by atoms with Crippen LogP contribution in [0, 0.1) is 6.92 Å². The van der Waals surface area contributed by atoms with Crippen molar-refractivity contribution in [3.8, 4) is 11.5 Å². The first-order chi connectivity index (χ1) is 15.2. The summed E-state index contributed by atoms with van der Waals surface area (Å²) in [6, 6.07) is 12.0. The summed E-state index contributed by atoms with van der Waals surface area (Å²) in [5, 5.41) is 16.1. The van der Waals surface area contributed by atoms with Crippen molar-refractivity contribution >= 4 is 44.0 Å². The lowest BCUT2D eigenvalue weighted by molar-refractivity contribution is 0.480. The minimum absolute atomic E-state index is 0.786. The first kappa shape index (κ1) is 18.3. The number of fused-ring (bicyclic) bond motifs is 4. The molecule has 0 saturated heterocycles. The maximum absolute atomic E-state index is 6.12. The Morgan fingerprint density at radius 3 is 3.03 bits per heavy atom. The smallest absolute Gasteiger partial charge is 0.142 e. The molecule has 0 fully saturated rings. The highest BCUT2D eigenvalue weighted by Gasteiger charge is 2.19. The van der Waals surface area contributed by atoms with Gasteiger partial charge in [0.1, 0.15) is 28.5 Å². The van der Waals surface area contributed by atoms with Crippen molar-refractivity contribution in [3.63, 3.8) is 0 Å². The summed E-state index contributed by atoms with van der Waals surface area (Å²) < 4.78 is 6.12. The minimum Gasteiger partial charge on any atom is -0.457 e. The van der Waals surface area contributed by atoms with Crippen LogP contribution in [0.15, 0.2) is 48.9 Å². The quantitative estimate of drug-likeness (QED) is 0.371. The molecular weight excluding hydrogens is 408 g/mol. The number of hydrogen-bond donors (Lipinski definition) is 3. The number of thiophene rings is 1. The van der Waals surface area contributed by atoms with Gasteiger partial charge in [-0.15, -0.1) is 11.3 Å². The first-order valence-electron chi connectivity index (χ1n) is 10.2. The number of nitrogens with zero attached hydrogens (tertiary/aromatic N) is 3. The zero-order valence-electron chi connectivity index (χ0n) is 16.9. The lowest BCUT2D eigenvalue weighted by atomic mass is 10.1. The average molecular weight is 429 g/mol. The van der Waals surface area contributed by atoms with Gasteiger partial charge in [-0.3, -0.25) is 5.10 Å². The molecule has 0 amide bonds. The monoisotopic (exact) mass is 428 g/mol. The summed E-state index contributed by atoms with van der Waals surface area (Å²) in [4.78, 5) is 11.4. The summed E-state index contributed by atoms with van der Waals surface area (Å²) in [5.41, 5.74) is 4.38. The third-order valence-corrected chi connectivity index (χ3v) is 6.73. The van der Waals surface area contributed by atoms with E-state index in [2.05, 4.69) is 36.9 Å². The van der Waals surface area contributed by atoms with Gasteiger partial charge in [-0.25, -0.2) is 9.97 Å². The van der Waals surface area contributed by atoms with Crippen LogP contribution < -0.4 is 15.4 Å². The highest BCUT2D eigenvalue weighted by molar-refractivity contribution is 7.19. The van der Waals surface area contributed by atoms with Crippen LogP contribution in [0.25, 0.3) is 21.1 Å². The lowest BCUT2D eigenvalue weighted by Crippen LogP contribution is -2.22. The molecule has 0 radical (unpaired) electrons. The molecule has 0 aliphatic carbocycles. The normalized spacial score (nSPS) is 13.5. The number of benzene rings is 2.